The van der Waals surface area contributed by atoms with Crippen molar-refractivity contribution in [3.8, 4) is 11.5 Å². The molecule has 1 atom stereocenters. The number of nitrogens with one attached hydrogen (secondary N) is 3. The van der Waals surface area contributed by atoms with E-state index in [9.17, 15) is 4.79 Å². The van der Waals surface area contributed by atoms with Crippen LogP contribution in [0.25, 0.3) is 11.5 Å². The van der Waals surface area contributed by atoms with Gasteiger partial charge >= 0.3 is 5.97 Å². The lowest BCUT2D eigenvalue weighted by Gasteiger charge is -2.33. The lowest BCUT2D eigenvalue weighted by molar-refractivity contribution is -0.153. The summed E-state index contributed by atoms with van der Waals surface area (Å²) in [6.07, 6.45) is 5.94. The third-order valence-corrected chi connectivity index (χ3v) is 7.30. The average molecular weight is 552 g/mol. The van der Waals surface area contributed by atoms with Crippen LogP contribution in [0.5, 0.6) is 0 Å². The van der Waals surface area contributed by atoms with Crippen LogP contribution in [0.4, 0.5) is 29.0 Å². The van der Waals surface area contributed by atoms with E-state index in [-0.39, 0.29) is 18.0 Å². The number of nitrogens with zero attached hydrogens (tertiary/aromatic N) is 6. The third kappa shape index (κ3) is 6.75. The second kappa shape index (κ2) is 12.3. The molecule has 0 radical (unpaired) electrons. The first-order chi connectivity index (χ1) is 20.1. The van der Waals surface area contributed by atoms with Gasteiger partial charge in [0.25, 0.3) is 0 Å². The smallest absolute Gasteiger partial charge is 0.309 e. The van der Waals surface area contributed by atoms with Crippen LogP contribution >= 0.6 is 0 Å². The van der Waals surface area contributed by atoms with Gasteiger partial charge in [0.15, 0.2) is 5.82 Å². The van der Waals surface area contributed by atoms with E-state index in [0.717, 1.165) is 62.5 Å². The minimum absolute atomic E-state index is 0.0148. The van der Waals surface area contributed by atoms with Crippen molar-refractivity contribution >= 4 is 34.9 Å². The molecule has 3 N–H and O–H groups in total. The molecule has 2 fully saturated rings. The molecule has 2 saturated heterocycles. The molecule has 0 spiro atoms. The number of carbonyl (C=O) groups is 1. The fourth-order valence-corrected chi connectivity index (χ4v) is 5.09. The second-order valence-corrected chi connectivity index (χ2v) is 10.3. The van der Waals surface area contributed by atoms with Crippen LogP contribution in [0.2, 0.25) is 0 Å². The first-order valence-corrected chi connectivity index (χ1v) is 14.0. The van der Waals surface area contributed by atoms with Crippen molar-refractivity contribution in [2.75, 3.05) is 41.7 Å². The summed E-state index contributed by atoms with van der Waals surface area (Å²) >= 11 is 0. The number of piperidine rings is 1. The van der Waals surface area contributed by atoms with Crippen molar-refractivity contribution in [2.24, 2.45) is 5.92 Å². The number of ether oxygens (including phenoxy) is 1. The highest BCUT2D eigenvalue weighted by Crippen LogP contribution is 2.27. The number of aromatic nitrogens is 5. The quantitative estimate of drug-likeness (QED) is 0.272. The molecule has 0 bridgehead atoms. The number of esters is 1. The molecule has 3 aromatic heterocycles. The van der Waals surface area contributed by atoms with Gasteiger partial charge in [-0.2, -0.15) is 4.98 Å². The highest BCUT2D eigenvalue weighted by Gasteiger charge is 2.29. The second-order valence-electron chi connectivity index (χ2n) is 10.3. The Morgan fingerprint density at radius 3 is 2.44 bits per heavy atom. The summed E-state index contributed by atoms with van der Waals surface area (Å²) in [5.41, 5.74) is 3.62. The van der Waals surface area contributed by atoms with Crippen LogP contribution < -0.4 is 20.9 Å². The van der Waals surface area contributed by atoms with Crippen molar-refractivity contribution in [3.05, 3.63) is 72.7 Å². The molecule has 6 rings (SSSR count). The summed E-state index contributed by atoms with van der Waals surface area (Å²) in [6, 6.07) is 17.5. The highest BCUT2D eigenvalue weighted by atomic mass is 16.5. The van der Waals surface area contributed by atoms with E-state index in [1.165, 1.54) is 0 Å². The van der Waals surface area contributed by atoms with Crippen LogP contribution in [-0.4, -0.2) is 63.2 Å². The first-order valence-electron chi connectivity index (χ1n) is 14.0. The van der Waals surface area contributed by atoms with Crippen molar-refractivity contribution < 1.29 is 9.53 Å². The summed E-state index contributed by atoms with van der Waals surface area (Å²) < 4.78 is 5.68. The SMILES string of the molecule is Cc1cccc(-c2nccc(Nc3ccnc(Nc4ccc(N5CCC(C(=O)O[C@@H]6CCNC6)CC5)cc4)n3)n2)n1. The van der Waals surface area contributed by atoms with Gasteiger partial charge in [0.05, 0.1) is 5.92 Å². The summed E-state index contributed by atoms with van der Waals surface area (Å²) in [4.78, 5) is 37.2. The fourth-order valence-electron chi connectivity index (χ4n) is 5.09. The van der Waals surface area contributed by atoms with E-state index in [0.29, 0.717) is 29.1 Å². The molecule has 4 aromatic rings. The van der Waals surface area contributed by atoms with Gasteiger partial charge < -0.3 is 25.6 Å². The Morgan fingerprint density at radius 2 is 1.68 bits per heavy atom. The number of anilines is 5. The number of pyridine rings is 1. The van der Waals surface area contributed by atoms with Crippen LogP contribution in [-0.2, 0) is 9.53 Å². The van der Waals surface area contributed by atoms with Crippen LogP contribution in [0, 0.1) is 12.8 Å². The Hall–Kier alpha value is -4.64. The Kier molecular flexibility index (Phi) is 7.94. The monoisotopic (exact) mass is 551 g/mol. The summed E-state index contributed by atoms with van der Waals surface area (Å²) in [6.45, 7) is 5.29. The number of benzene rings is 1. The molecule has 1 aromatic carbocycles. The van der Waals surface area contributed by atoms with Crippen LogP contribution in [0.1, 0.15) is 25.0 Å². The molecule has 0 amide bonds. The summed E-state index contributed by atoms with van der Waals surface area (Å²) in [7, 11) is 0. The lowest BCUT2D eigenvalue weighted by atomic mass is 9.96. The van der Waals surface area contributed by atoms with E-state index in [4.69, 9.17) is 4.74 Å². The molecule has 11 heteroatoms. The zero-order valence-electron chi connectivity index (χ0n) is 23.0. The summed E-state index contributed by atoms with van der Waals surface area (Å²) in [5.74, 6) is 2.16. The molecular formula is C30H33N9O2. The maximum absolute atomic E-state index is 12.5. The Balaban J connectivity index is 1.04. The molecule has 0 aliphatic carbocycles. The third-order valence-electron chi connectivity index (χ3n) is 7.30. The Morgan fingerprint density at radius 1 is 0.902 bits per heavy atom. The summed E-state index contributed by atoms with van der Waals surface area (Å²) in [5, 5.41) is 9.74. The van der Waals surface area contributed by atoms with Gasteiger partial charge in [-0.3, -0.25) is 4.79 Å². The van der Waals surface area contributed by atoms with Gasteiger partial charge in [-0.25, -0.2) is 19.9 Å². The van der Waals surface area contributed by atoms with Crippen molar-refractivity contribution in [1.82, 2.24) is 30.2 Å². The number of hydrogen-bond donors (Lipinski definition) is 3. The molecule has 210 valence electrons. The topological polar surface area (TPSA) is 130 Å². The zero-order valence-corrected chi connectivity index (χ0v) is 23.0. The maximum atomic E-state index is 12.5. The standard InChI is InChI=1S/C30H33N9O2/c1-20-3-2-4-25(34-20)28-32-15-10-26(37-28)36-27-11-16-33-30(38-27)35-22-5-7-23(8-6-22)39-17-12-21(13-18-39)29(40)41-24-9-14-31-19-24/h2-8,10-11,15-16,21,24,31H,9,12-14,17-19H2,1H3,(H2,32,33,35,36,37,38)/t24-/m1/s1. The van der Waals surface area contributed by atoms with E-state index in [1.807, 2.05) is 37.3 Å². The molecule has 11 nitrogen and oxygen atoms in total. The van der Waals surface area contributed by atoms with Crippen molar-refractivity contribution in [3.63, 3.8) is 0 Å². The predicted molar refractivity (Wildman–Crippen MR) is 157 cm³/mol. The predicted octanol–water partition coefficient (Wildman–Crippen LogP) is 4.25. The van der Waals surface area contributed by atoms with Gasteiger partial charge in [-0.05, 0) is 81.3 Å². The first kappa shape index (κ1) is 26.6. The molecule has 2 aliphatic heterocycles. The van der Waals surface area contributed by atoms with Crippen LogP contribution in [0.15, 0.2) is 67.0 Å². The minimum Gasteiger partial charge on any atom is -0.461 e. The normalized spacial score (nSPS) is 17.3. The Bertz CT molecular complexity index is 1480. The lowest BCUT2D eigenvalue weighted by Crippen LogP contribution is -2.38. The van der Waals surface area contributed by atoms with Crippen molar-refractivity contribution in [2.45, 2.75) is 32.3 Å². The van der Waals surface area contributed by atoms with Gasteiger partial charge in [-0.15, -0.1) is 0 Å². The van der Waals surface area contributed by atoms with E-state index < -0.39 is 0 Å². The Labute approximate surface area is 238 Å². The molecule has 5 heterocycles. The number of carbonyl (C=O) groups excluding carboxylic acids is 1. The van der Waals surface area contributed by atoms with E-state index in [2.05, 4.69) is 57.9 Å². The number of aryl methyl sites for hydroxylation is 1. The van der Waals surface area contributed by atoms with Gasteiger partial charge in [-0.1, -0.05) is 6.07 Å². The average Bonchev–Trinajstić information content (AvgIpc) is 3.51. The number of hydrogen-bond acceptors (Lipinski definition) is 11. The minimum atomic E-state index is -0.0435. The van der Waals surface area contributed by atoms with Gasteiger partial charge in [0, 0.05) is 49.1 Å². The molecule has 2 aliphatic rings. The maximum Gasteiger partial charge on any atom is 0.309 e. The highest BCUT2D eigenvalue weighted by molar-refractivity contribution is 5.73. The van der Waals surface area contributed by atoms with Crippen molar-refractivity contribution in [1.29, 1.82) is 0 Å². The molecule has 41 heavy (non-hydrogen) atoms. The van der Waals surface area contributed by atoms with Crippen LogP contribution in [0.3, 0.4) is 0 Å². The fraction of sp³-hybridized carbons (Fsp3) is 0.333. The van der Waals surface area contributed by atoms with Gasteiger partial charge in [0.2, 0.25) is 5.95 Å². The van der Waals surface area contributed by atoms with E-state index >= 15 is 0 Å². The molecular weight excluding hydrogens is 518 g/mol. The van der Waals surface area contributed by atoms with E-state index in [1.54, 1.807) is 24.5 Å². The van der Waals surface area contributed by atoms with Gasteiger partial charge in [0.1, 0.15) is 23.4 Å². The number of rotatable bonds is 8. The molecule has 0 unspecified atom stereocenters. The molecule has 0 saturated carbocycles. The zero-order chi connectivity index (χ0) is 28.0. The largest absolute Gasteiger partial charge is 0.461 e.